The van der Waals surface area contributed by atoms with Crippen molar-refractivity contribution in [2.24, 2.45) is 0 Å². The summed E-state index contributed by atoms with van der Waals surface area (Å²) in [4.78, 5) is 15.6. The van der Waals surface area contributed by atoms with Crippen LogP contribution in [0.2, 0.25) is 0 Å². The lowest BCUT2D eigenvalue weighted by atomic mass is 10.1. The summed E-state index contributed by atoms with van der Waals surface area (Å²) in [7, 11) is 0. The maximum atomic E-state index is 12.4. The van der Waals surface area contributed by atoms with Gasteiger partial charge in [-0.25, -0.2) is 4.98 Å². The number of imidazole rings is 1. The van der Waals surface area contributed by atoms with Crippen molar-refractivity contribution < 1.29 is 31.1 Å². The second kappa shape index (κ2) is 6.50. The van der Waals surface area contributed by atoms with Crippen LogP contribution in [0.15, 0.2) is 42.7 Å². The molecule has 2 aromatic rings. The van der Waals surface area contributed by atoms with Crippen molar-refractivity contribution in [3.8, 4) is 0 Å². The molecule has 0 bridgehead atoms. The first-order valence-corrected chi connectivity index (χ1v) is 6.54. The van der Waals surface area contributed by atoms with Crippen molar-refractivity contribution in [1.29, 1.82) is 0 Å². The number of rotatable bonds is 4. The van der Waals surface area contributed by atoms with Crippen LogP contribution in [-0.2, 0) is 12.7 Å². The van der Waals surface area contributed by atoms with Crippen LogP contribution in [0, 0.1) is 0 Å². The number of aromatic nitrogens is 2. The lowest BCUT2D eigenvalue weighted by Crippen LogP contribution is -2.18. The molecule has 0 radical (unpaired) electrons. The Balaban J connectivity index is 2.13. The minimum atomic E-state index is -4.51. The van der Waals surface area contributed by atoms with E-state index in [2.05, 4.69) is 4.98 Å². The van der Waals surface area contributed by atoms with E-state index in [0.29, 0.717) is 0 Å². The van der Waals surface area contributed by atoms with E-state index in [-0.39, 0.29) is 11.4 Å². The van der Waals surface area contributed by atoms with Gasteiger partial charge in [0.1, 0.15) is 12.4 Å². The molecule has 0 spiro atoms. The molecule has 1 aromatic heterocycles. The van der Waals surface area contributed by atoms with Gasteiger partial charge in [-0.15, -0.1) is 0 Å². The van der Waals surface area contributed by atoms with Gasteiger partial charge in [-0.1, -0.05) is 12.1 Å². The SMILES string of the molecule is O=C(C=Cc1nccn1CC(F)(F)F)c1ccc(C(F)(F)F)cc1. The fraction of sp³-hybridized carbons (Fsp3) is 0.200. The molecule has 1 heterocycles. The van der Waals surface area contributed by atoms with E-state index < -0.39 is 30.2 Å². The molecule has 3 nitrogen and oxygen atoms in total. The fourth-order valence-corrected chi connectivity index (χ4v) is 1.88. The molecule has 0 saturated heterocycles. The first-order chi connectivity index (χ1) is 11.1. The Hall–Kier alpha value is -2.58. The zero-order chi connectivity index (χ0) is 18.0. The summed E-state index contributed by atoms with van der Waals surface area (Å²) in [6, 6.07) is 3.51. The van der Waals surface area contributed by atoms with Crippen LogP contribution in [-0.4, -0.2) is 21.5 Å². The molecule has 0 amide bonds. The molecule has 0 fully saturated rings. The van der Waals surface area contributed by atoms with Crippen molar-refractivity contribution in [2.45, 2.75) is 18.9 Å². The van der Waals surface area contributed by atoms with Crippen molar-refractivity contribution in [2.75, 3.05) is 0 Å². The maximum absolute atomic E-state index is 12.4. The van der Waals surface area contributed by atoms with Crippen molar-refractivity contribution in [3.05, 3.63) is 59.7 Å². The molecule has 0 aliphatic carbocycles. The second-order valence-electron chi connectivity index (χ2n) is 4.80. The van der Waals surface area contributed by atoms with Crippen LogP contribution in [0.5, 0.6) is 0 Å². The predicted molar refractivity (Wildman–Crippen MR) is 73.1 cm³/mol. The number of carbonyl (C=O) groups excluding carboxylic acids is 1. The Labute approximate surface area is 132 Å². The molecular formula is C15H10F6N2O. The van der Waals surface area contributed by atoms with Gasteiger partial charge in [-0.05, 0) is 24.3 Å². The van der Waals surface area contributed by atoms with E-state index in [4.69, 9.17) is 0 Å². The third kappa shape index (κ3) is 4.71. The highest BCUT2D eigenvalue weighted by molar-refractivity contribution is 6.06. The summed E-state index contributed by atoms with van der Waals surface area (Å²) in [5, 5.41) is 0. The third-order valence-corrected chi connectivity index (χ3v) is 2.98. The van der Waals surface area contributed by atoms with E-state index in [9.17, 15) is 31.1 Å². The standard InChI is InChI=1S/C15H10F6N2O/c16-14(17,18)9-23-8-7-22-13(23)6-5-12(24)10-1-3-11(4-2-10)15(19,20)21/h1-8H,9H2. The van der Waals surface area contributed by atoms with Gasteiger partial charge in [-0.2, -0.15) is 26.3 Å². The molecular weight excluding hydrogens is 338 g/mol. The number of halogens is 6. The number of ketones is 1. The van der Waals surface area contributed by atoms with Crippen molar-refractivity contribution in [1.82, 2.24) is 9.55 Å². The minimum absolute atomic E-state index is 0.0202. The lowest BCUT2D eigenvalue weighted by Gasteiger charge is -2.08. The average Bonchev–Trinajstić information content (AvgIpc) is 2.89. The minimum Gasteiger partial charge on any atom is -0.322 e. The molecule has 0 unspecified atom stereocenters. The van der Waals surface area contributed by atoms with Crippen LogP contribution in [0.25, 0.3) is 6.08 Å². The Kier molecular flexibility index (Phi) is 4.81. The largest absolute Gasteiger partial charge is 0.416 e. The molecule has 2 rings (SSSR count). The van der Waals surface area contributed by atoms with Crippen LogP contribution in [0.1, 0.15) is 21.7 Å². The van der Waals surface area contributed by atoms with E-state index in [1.54, 1.807) is 0 Å². The number of hydrogen-bond acceptors (Lipinski definition) is 2. The number of hydrogen-bond donors (Lipinski definition) is 0. The smallest absolute Gasteiger partial charge is 0.322 e. The van der Waals surface area contributed by atoms with Crippen LogP contribution in [0.3, 0.4) is 0 Å². The van der Waals surface area contributed by atoms with Gasteiger partial charge < -0.3 is 4.57 Å². The molecule has 0 saturated carbocycles. The van der Waals surface area contributed by atoms with Gasteiger partial charge in [0, 0.05) is 18.0 Å². The monoisotopic (exact) mass is 348 g/mol. The summed E-state index contributed by atoms with van der Waals surface area (Å²) in [6.45, 7) is -1.26. The van der Waals surface area contributed by atoms with Crippen molar-refractivity contribution >= 4 is 11.9 Å². The summed E-state index contributed by atoms with van der Waals surface area (Å²) >= 11 is 0. The summed E-state index contributed by atoms with van der Waals surface area (Å²) < 4.78 is 75.2. The van der Waals surface area contributed by atoms with E-state index in [0.717, 1.165) is 53.4 Å². The van der Waals surface area contributed by atoms with Gasteiger partial charge in [0.15, 0.2) is 5.78 Å². The number of alkyl halides is 6. The molecule has 24 heavy (non-hydrogen) atoms. The fourth-order valence-electron chi connectivity index (χ4n) is 1.88. The Morgan fingerprint density at radius 3 is 2.25 bits per heavy atom. The highest BCUT2D eigenvalue weighted by Gasteiger charge is 2.30. The molecule has 128 valence electrons. The van der Waals surface area contributed by atoms with Crippen LogP contribution < -0.4 is 0 Å². The summed E-state index contributed by atoms with van der Waals surface area (Å²) in [5.74, 6) is -0.738. The van der Waals surface area contributed by atoms with Gasteiger partial charge in [-0.3, -0.25) is 4.79 Å². The van der Waals surface area contributed by atoms with Crippen molar-refractivity contribution in [3.63, 3.8) is 0 Å². The highest BCUT2D eigenvalue weighted by Crippen LogP contribution is 2.29. The van der Waals surface area contributed by atoms with Crippen LogP contribution in [0.4, 0.5) is 26.3 Å². The lowest BCUT2D eigenvalue weighted by molar-refractivity contribution is -0.140. The van der Waals surface area contributed by atoms with E-state index in [1.807, 2.05) is 0 Å². The number of carbonyl (C=O) groups is 1. The molecule has 0 N–H and O–H groups in total. The zero-order valence-electron chi connectivity index (χ0n) is 11.9. The normalized spacial score (nSPS) is 12.8. The molecule has 0 atom stereocenters. The van der Waals surface area contributed by atoms with Crippen LogP contribution >= 0.6 is 0 Å². The predicted octanol–water partition coefficient (Wildman–Crippen LogP) is 4.36. The first-order valence-electron chi connectivity index (χ1n) is 6.54. The van der Waals surface area contributed by atoms with E-state index in [1.165, 1.54) is 0 Å². The Bertz CT molecular complexity index is 741. The quantitative estimate of drug-likeness (QED) is 0.467. The van der Waals surface area contributed by atoms with Gasteiger partial charge >= 0.3 is 12.4 Å². The highest BCUT2D eigenvalue weighted by atomic mass is 19.4. The Morgan fingerprint density at radius 1 is 1.08 bits per heavy atom. The Morgan fingerprint density at radius 2 is 1.71 bits per heavy atom. The summed E-state index contributed by atoms with van der Waals surface area (Å²) in [6.07, 6.45) is -4.67. The van der Waals surface area contributed by atoms with Gasteiger partial charge in [0.05, 0.1) is 5.56 Å². The summed E-state index contributed by atoms with van der Waals surface area (Å²) in [5.41, 5.74) is -0.920. The molecule has 9 heteroatoms. The second-order valence-corrected chi connectivity index (χ2v) is 4.80. The van der Waals surface area contributed by atoms with E-state index >= 15 is 0 Å². The van der Waals surface area contributed by atoms with Gasteiger partial charge in [0.2, 0.25) is 0 Å². The number of benzene rings is 1. The third-order valence-electron chi connectivity index (χ3n) is 2.98. The zero-order valence-corrected chi connectivity index (χ0v) is 11.9. The molecule has 0 aliphatic rings. The average molecular weight is 348 g/mol. The molecule has 1 aromatic carbocycles. The number of nitrogens with zero attached hydrogens (tertiary/aromatic N) is 2. The number of allylic oxidation sites excluding steroid dienone is 1. The maximum Gasteiger partial charge on any atom is 0.416 e. The van der Waals surface area contributed by atoms with Gasteiger partial charge in [0.25, 0.3) is 0 Å². The molecule has 0 aliphatic heterocycles. The first kappa shape index (κ1) is 17.8. The topological polar surface area (TPSA) is 34.9 Å².